The molecule has 0 bridgehead atoms. The third-order valence-electron chi connectivity index (χ3n) is 2.63. The Morgan fingerprint density at radius 1 is 1.59 bits per heavy atom. The maximum Gasteiger partial charge on any atom is 0.308 e. The predicted molar refractivity (Wildman–Crippen MR) is 64.4 cm³/mol. The van der Waals surface area contributed by atoms with Gasteiger partial charge in [-0.2, -0.15) is 0 Å². The number of nitrogens with two attached hydrogens (primary N) is 1. The highest BCUT2D eigenvalue weighted by Gasteiger charge is 2.35. The molecule has 2 heterocycles. The molecule has 1 atom stereocenters. The molecule has 1 saturated heterocycles. The lowest BCUT2D eigenvalue weighted by Gasteiger charge is -2.17. The van der Waals surface area contributed by atoms with Gasteiger partial charge in [-0.3, -0.25) is 9.59 Å². The van der Waals surface area contributed by atoms with Crippen molar-refractivity contribution in [1.29, 1.82) is 0 Å². The van der Waals surface area contributed by atoms with Crippen LogP contribution in [-0.2, 0) is 9.59 Å². The minimum atomic E-state index is -0.968. The van der Waals surface area contributed by atoms with E-state index in [0.29, 0.717) is 10.3 Å². The SMILES string of the molecule is Nc1nc(Br)ccc1N1CC(C(=O)O)CC1=O. The number of carbonyl (C=O) groups excluding carboxylic acids is 1. The zero-order valence-electron chi connectivity index (χ0n) is 8.76. The first-order valence-electron chi connectivity index (χ1n) is 4.94. The Morgan fingerprint density at radius 3 is 2.82 bits per heavy atom. The molecule has 1 aliphatic heterocycles. The molecule has 0 spiro atoms. The molecular formula is C10H10BrN3O3. The second-order valence-corrected chi connectivity index (χ2v) is 4.59. The molecule has 7 heteroatoms. The van der Waals surface area contributed by atoms with Crippen LogP contribution in [0.2, 0.25) is 0 Å². The summed E-state index contributed by atoms with van der Waals surface area (Å²) in [6.07, 6.45) is 0.00480. The summed E-state index contributed by atoms with van der Waals surface area (Å²) in [6, 6.07) is 3.31. The summed E-state index contributed by atoms with van der Waals surface area (Å²) in [5, 5.41) is 8.88. The summed E-state index contributed by atoms with van der Waals surface area (Å²) in [7, 11) is 0. The van der Waals surface area contributed by atoms with Crippen LogP contribution < -0.4 is 10.6 Å². The molecule has 1 amide bonds. The third-order valence-corrected chi connectivity index (χ3v) is 3.08. The fourth-order valence-electron chi connectivity index (χ4n) is 1.78. The van der Waals surface area contributed by atoms with E-state index in [2.05, 4.69) is 20.9 Å². The molecule has 6 nitrogen and oxygen atoms in total. The summed E-state index contributed by atoms with van der Waals surface area (Å²) in [5.41, 5.74) is 6.16. The van der Waals surface area contributed by atoms with Crippen molar-refractivity contribution in [3.63, 3.8) is 0 Å². The molecular weight excluding hydrogens is 290 g/mol. The minimum absolute atomic E-state index is 0.00480. The zero-order chi connectivity index (χ0) is 12.6. The van der Waals surface area contributed by atoms with Gasteiger partial charge in [0.1, 0.15) is 10.4 Å². The van der Waals surface area contributed by atoms with Crippen molar-refractivity contribution in [2.45, 2.75) is 6.42 Å². The second kappa shape index (κ2) is 4.33. The van der Waals surface area contributed by atoms with Gasteiger partial charge in [-0.15, -0.1) is 0 Å². The minimum Gasteiger partial charge on any atom is -0.481 e. The van der Waals surface area contributed by atoms with Gasteiger partial charge in [0.05, 0.1) is 11.6 Å². The third kappa shape index (κ3) is 2.23. The highest BCUT2D eigenvalue weighted by atomic mass is 79.9. The number of hydrogen-bond donors (Lipinski definition) is 2. The highest BCUT2D eigenvalue weighted by molar-refractivity contribution is 9.10. The molecule has 3 N–H and O–H groups in total. The smallest absolute Gasteiger partial charge is 0.308 e. The maximum absolute atomic E-state index is 11.7. The first-order valence-corrected chi connectivity index (χ1v) is 5.73. The van der Waals surface area contributed by atoms with E-state index in [9.17, 15) is 9.59 Å². The fraction of sp³-hybridized carbons (Fsp3) is 0.300. The first kappa shape index (κ1) is 11.8. The fourth-order valence-corrected chi connectivity index (χ4v) is 2.10. The van der Waals surface area contributed by atoms with Crippen molar-refractivity contribution in [3.8, 4) is 0 Å². The van der Waals surface area contributed by atoms with E-state index in [0.717, 1.165) is 0 Å². The maximum atomic E-state index is 11.7. The van der Waals surface area contributed by atoms with Crippen LogP contribution in [0.25, 0.3) is 0 Å². The lowest BCUT2D eigenvalue weighted by atomic mass is 10.1. The molecule has 1 aliphatic rings. The van der Waals surface area contributed by atoms with Crippen LogP contribution in [0.4, 0.5) is 11.5 Å². The van der Waals surface area contributed by atoms with Gasteiger partial charge in [-0.05, 0) is 28.1 Å². The van der Waals surface area contributed by atoms with Crippen molar-refractivity contribution in [2.24, 2.45) is 5.92 Å². The average molecular weight is 300 g/mol. The molecule has 0 radical (unpaired) electrons. The molecule has 0 aromatic carbocycles. The number of aromatic nitrogens is 1. The Bertz CT molecular complexity index is 492. The highest BCUT2D eigenvalue weighted by Crippen LogP contribution is 2.29. The van der Waals surface area contributed by atoms with Crippen molar-refractivity contribution >= 4 is 39.3 Å². The number of carboxylic acid groups (broad SMARTS) is 1. The van der Waals surface area contributed by atoms with Gasteiger partial charge in [0.2, 0.25) is 5.91 Å². The van der Waals surface area contributed by atoms with Crippen LogP contribution in [-0.4, -0.2) is 28.5 Å². The lowest BCUT2D eigenvalue weighted by Crippen LogP contribution is -2.26. The van der Waals surface area contributed by atoms with E-state index in [-0.39, 0.29) is 24.7 Å². The number of halogens is 1. The van der Waals surface area contributed by atoms with E-state index in [1.54, 1.807) is 12.1 Å². The van der Waals surface area contributed by atoms with Gasteiger partial charge in [0, 0.05) is 13.0 Å². The van der Waals surface area contributed by atoms with Crippen LogP contribution in [0.1, 0.15) is 6.42 Å². The second-order valence-electron chi connectivity index (χ2n) is 3.78. The number of anilines is 2. The quantitative estimate of drug-likeness (QED) is 0.790. The van der Waals surface area contributed by atoms with Crippen LogP contribution in [0.5, 0.6) is 0 Å². The van der Waals surface area contributed by atoms with Crippen molar-refractivity contribution in [1.82, 2.24) is 4.98 Å². The van der Waals surface area contributed by atoms with E-state index in [4.69, 9.17) is 10.8 Å². The van der Waals surface area contributed by atoms with Crippen LogP contribution in [0.15, 0.2) is 16.7 Å². The van der Waals surface area contributed by atoms with Crippen molar-refractivity contribution < 1.29 is 14.7 Å². The Morgan fingerprint density at radius 2 is 2.29 bits per heavy atom. The summed E-state index contributed by atoms with van der Waals surface area (Å²) < 4.78 is 0.570. The molecule has 0 aliphatic carbocycles. The molecule has 0 saturated carbocycles. The molecule has 1 aromatic heterocycles. The van der Waals surface area contributed by atoms with Gasteiger partial charge in [0.25, 0.3) is 0 Å². The summed E-state index contributed by atoms with van der Waals surface area (Å²) in [4.78, 5) is 27.9. The molecule has 1 aromatic rings. The standard InChI is InChI=1S/C10H10BrN3O3/c11-7-2-1-6(9(12)13-7)14-4-5(10(16)17)3-8(14)15/h1-2,5H,3-4H2,(H2,12,13)(H,16,17). The summed E-state index contributed by atoms with van der Waals surface area (Å²) in [5.74, 6) is -1.68. The van der Waals surface area contributed by atoms with E-state index < -0.39 is 11.9 Å². The first-order chi connectivity index (χ1) is 7.99. The molecule has 1 fully saturated rings. The van der Waals surface area contributed by atoms with Gasteiger partial charge in [-0.1, -0.05) is 0 Å². The van der Waals surface area contributed by atoms with Crippen molar-refractivity contribution in [3.05, 3.63) is 16.7 Å². The Labute approximate surface area is 106 Å². The monoisotopic (exact) mass is 299 g/mol. The number of nitrogens with zero attached hydrogens (tertiary/aromatic N) is 2. The number of amides is 1. The Hall–Kier alpha value is -1.63. The Balaban J connectivity index is 2.29. The molecule has 17 heavy (non-hydrogen) atoms. The van der Waals surface area contributed by atoms with E-state index >= 15 is 0 Å². The molecule has 1 unspecified atom stereocenters. The van der Waals surface area contributed by atoms with Gasteiger partial charge < -0.3 is 15.7 Å². The number of nitrogen functional groups attached to an aromatic ring is 1. The summed E-state index contributed by atoms with van der Waals surface area (Å²) in [6.45, 7) is 0.141. The van der Waals surface area contributed by atoms with E-state index in [1.807, 2.05) is 0 Å². The Kier molecular flexibility index (Phi) is 3.01. The van der Waals surface area contributed by atoms with Crippen LogP contribution in [0.3, 0.4) is 0 Å². The van der Waals surface area contributed by atoms with Gasteiger partial charge >= 0.3 is 5.97 Å². The lowest BCUT2D eigenvalue weighted by molar-refractivity contribution is -0.141. The average Bonchev–Trinajstić information content (AvgIpc) is 2.61. The van der Waals surface area contributed by atoms with Crippen LogP contribution >= 0.6 is 15.9 Å². The summed E-state index contributed by atoms with van der Waals surface area (Å²) >= 11 is 3.17. The zero-order valence-corrected chi connectivity index (χ0v) is 10.3. The van der Waals surface area contributed by atoms with Crippen LogP contribution in [0, 0.1) is 5.92 Å². The molecule has 90 valence electrons. The van der Waals surface area contributed by atoms with Gasteiger partial charge in [-0.25, -0.2) is 4.98 Å². The number of carboxylic acids is 1. The number of aliphatic carboxylic acids is 1. The number of hydrogen-bond acceptors (Lipinski definition) is 4. The topological polar surface area (TPSA) is 96.5 Å². The van der Waals surface area contributed by atoms with Gasteiger partial charge in [0.15, 0.2) is 0 Å². The predicted octanol–water partition coefficient (Wildman–Crippen LogP) is 0.864. The van der Waals surface area contributed by atoms with E-state index in [1.165, 1.54) is 4.90 Å². The van der Waals surface area contributed by atoms with Crippen molar-refractivity contribution in [2.75, 3.05) is 17.2 Å². The number of carbonyl (C=O) groups is 2. The largest absolute Gasteiger partial charge is 0.481 e. The number of pyridine rings is 1. The molecule has 2 rings (SSSR count). The normalized spacial score (nSPS) is 19.7. The number of rotatable bonds is 2.